The smallest absolute Gasteiger partial charge is 0.322 e. The van der Waals surface area contributed by atoms with Gasteiger partial charge in [-0.05, 0) is 56.2 Å². The Morgan fingerprint density at radius 2 is 1.74 bits per heavy atom. The number of hydrogen-bond donors (Lipinski definition) is 1. The molecular formula is C23H23F3N4O3S. The van der Waals surface area contributed by atoms with E-state index in [1.165, 1.54) is 39.4 Å². The Bertz CT molecular complexity index is 1310. The number of nitrogens with zero attached hydrogens (tertiary/aromatic N) is 3. The average molecular weight is 493 g/mol. The summed E-state index contributed by atoms with van der Waals surface area (Å²) < 4.78 is 67.7. The van der Waals surface area contributed by atoms with Crippen LogP contribution >= 0.6 is 0 Å². The first kappa shape index (κ1) is 24.0. The van der Waals surface area contributed by atoms with Gasteiger partial charge in [-0.2, -0.15) is 22.6 Å². The normalized spacial score (nSPS) is 15.3. The number of anilines is 1. The van der Waals surface area contributed by atoms with Crippen molar-refractivity contribution in [2.45, 2.75) is 37.3 Å². The van der Waals surface area contributed by atoms with Gasteiger partial charge >= 0.3 is 6.18 Å². The highest BCUT2D eigenvalue weighted by Crippen LogP contribution is 2.30. The van der Waals surface area contributed by atoms with Gasteiger partial charge in [0.1, 0.15) is 0 Å². The number of amides is 1. The first-order valence-corrected chi connectivity index (χ1v) is 12.2. The lowest BCUT2D eigenvalue weighted by Gasteiger charge is -2.26. The Labute approximate surface area is 195 Å². The quantitative estimate of drug-likeness (QED) is 0.563. The van der Waals surface area contributed by atoms with Crippen LogP contribution in [0.15, 0.2) is 59.6 Å². The second kappa shape index (κ2) is 9.22. The number of sulfonamides is 1. The number of halogens is 3. The fourth-order valence-corrected chi connectivity index (χ4v) is 5.46. The van der Waals surface area contributed by atoms with Gasteiger partial charge in [-0.25, -0.2) is 13.1 Å². The highest BCUT2D eigenvalue weighted by Gasteiger charge is 2.31. The van der Waals surface area contributed by atoms with Crippen LogP contribution in [0.4, 0.5) is 18.9 Å². The Balaban J connectivity index is 1.56. The second-order valence-corrected chi connectivity index (χ2v) is 9.99. The van der Waals surface area contributed by atoms with Crippen molar-refractivity contribution >= 4 is 21.6 Å². The Hall–Kier alpha value is -3.18. The first-order valence-electron chi connectivity index (χ1n) is 10.7. The molecule has 1 saturated heterocycles. The molecule has 0 unspecified atom stereocenters. The molecule has 0 radical (unpaired) electrons. The third-order valence-electron chi connectivity index (χ3n) is 5.72. The molecule has 1 aliphatic heterocycles. The van der Waals surface area contributed by atoms with Crippen LogP contribution in [0.2, 0.25) is 0 Å². The number of piperidine rings is 1. The fraction of sp³-hybridized carbons (Fsp3) is 0.304. The predicted molar refractivity (Wildman–Crippen MR) is 120 cm³/mol. The predicted octanol–water partition coefficient (Wildman–Crippen LogP) is 4.63. The van der Waals surface area contributed by atoms with E-state index in [4.69, 9.17) is 0 Å². The van der Waals surface area contributed by atoms with Crippen LogP contribution in [-0.2, 0) is 16.2 Å². The number of hydrogen-bond acceptors (Lipinski definition) is 4. The molecule has 1 N–H and O–H groups in total. The van der Waals surface area contributed by atoms with E-state index in [0.29, 0.717) is 18.8 Å². The number of nitrogens with one attached hydrogen (secondary N) is 1. The van der Waals surface area contributed by atoms with Gasteiger partial charge in [0, 0.05) is 18.8 Å². The summed E-state index contributed by atoms with van der Waals surface area (Å²) in [6, 6.07) is 10.6. The van der Waals surface area contributed by atoms with Crippen LogP contribution in [0.25, 0.3) is 5.69 Å². The van der Waals surface area contributed by atoms with Crippen molar-refractivity contribution in [3.63, 3.8) is 0 Å². The van der Waals surface area contributed by atoms with Crippen molar-refractivity contribution < 1.29 is 26.4 Å². The third-order valence-corrected chi connectivity index (χ3v) is 7.61. The highest BCUT2D eigenvalue weighted by molar-refractivity contribution is 7.89. The molecule has 2 heterocycles. The highest BCUT2D eigenvalue weighted by atomic mass is 32.2. The molecule has 3 aromatic rings. The van der Waals surface area contributed by atoms with Crippen molar-refractivity contribution in [1.29, 1.82) is 0 Å². The molecule has 2 aromatic carbocycles. The minimum Gasteiger partial charge on any atom is -0.322 e. The molecule has 180 valence electrons. The summed E-state index contributed by atoms with van der Waals surface area (Å²) >= 11 is 0. The van der Waals surface area contributed by atoms with Crippen LogP contribution in [-0.4, -0.2) is 41.5 Å². The summed E-state index contributed by atoms with van der Waals surface area (Å²) in [5.41, 5.74) is 0.128. The molecular weight excluding hydrogens is 469 g/mol. The number of rotatable bonds is 5. The van der Waals surface area contributed by atoms with E-state index in [0.717, 1.165) is 31.4 Å². The van der Waals surface area contributed by atoms with E-state index in [9.17, 15) is 26.4 Å². The fourth-order valence-electron chi connectivity index (χ4n) is 3.89. The van der Waals surface area contributed by atoms with Gasteiger partial charge in [0.05, 0.1) is 33.6 Å². The van der Waals surface area contributed by atoms with E-state index in [-0.39, 0.29) is 21.8 Å². The number of alkyl halides is 3. The molecule has 0 atom stereocenters. The summed E-state index contributed by atoms with van der Waals surface area (Å²) in [6.07, 6.45) is -0.624. The topological polar surface area (TPSA) is 84.3 Å². The minimum atomic E-state index is -4.50. The Morgan fingerprint density at radius 1 is 1.03 bits per heavy atom. The molecule has 1 aromatic heterocycles. The van der Waals surface area contributed by atoms with Crippen molar-refractivity contribution in [3.05, 3.63) is 71.5 Å². The van der Waals surface area contributed by atoms with Crippen molar-refractivity contribution in [2.24, 2.45) is 0 Å². The molecule has 11 heteroatoms. The number of carbonyl (C=O) groups excluding carboxylic acids is 1. The Kier molecular flexibility index (Phi) is 6.50. The van der Waals surface area contributed by atoms with Gasteiger partial charge in [0.15, 0.2) is 0 Å². The van der Waals surface area contributed by atoms with E-state index < -0.39 is 27.7 Å². The van der Waals surface area contributed by atoms with Gasteiger partial charge in [-0.3, -0.25) is 4.79 Å². The van der Waals surface area contributed by atoms with Gasteiger partial charge in [-0.1, -0.05) is 18.6 Å². The molecule has 0 spiro atoms. The van der Waals surface area contributed by atoms with E-state index in [2.05, 4.69) is 10.4 Å². The molecule has 0 bridgehead atoms. The zero-order valence-corrected chi connectivity index (χ0v) is 19.2. The van der Waals surface area contributed by atoms with Crippen molar-refractivity contribution in [2.75, 3.05) is 18.4 Å². The van der Waals surface area contributed by atoms with Crippen LogP contribution in [0.1, 0.15) is 40.9 Å². The molecule has 1 aliphatic rings. The molecule has 0 saturated carbocycles. The molecule has 7 nitrogen and oxygen atoms in total. The summed E-state index contributed by atoms with van der Waals surface area (Å²) in [6.45, 7) is 2.50. The van der Waals surface area contributed by atoms with Crippen LogP contribution in [0, 0.1) is 6.92 Å². The van der Waals surface area contributed by atoms with Crippen molar-refractivity contribution in [1.82, 2.24) is 14.1 Å². The maximum Gasteiger partial charge on any atom is 0.416 e. The summed E-state index contributed by atoms with van der Waals surface area (Å²) in [5, 5.41) is 6.74. The van der Waals surface area contributed by atoms with Gasteiger partial charge in [-0.15, -0.1) is 0 Å². The zero-order chi connectivity index (χ0) is 24.5. The lowest BCUT2D eigenvalue weighted by Crippen LogP contribution is -2.35. The third kappa shape index (κ3) is 4.85. The Morgan fingerprint density at radius 3 is 2.44 bits per heavy atom. The largest absolute Gasteiger partial charge is 0.416 e. The standard InChI is InChI=1S/C23H23F3N4O3S/c1-16-21(15-27-30(16)19-9-5-7-17(13-19)23(24,25)26)22(31)28-18-8-6-10-20(14-18)34(32,33)29-11-3-2-4-12-29/h5-10,13-15H,2-4,11-12H2,1H3,(H,28,31). The van der Waals surface area contributed by atoms with Crippen LogP contribution in [0.5, 0.6) is 0 Å². The zero-order valence-electron chi connectivity index (χ0n) is 18.3. The summed E-state index contributed by atoms with van der Waals surface area (Å²) in [7, 11) is -3.67. The summed E-state index contributed by atoms with van der Waals surface area (Å²) in [4.78, 5) is 13.0. The SMILES string of the molecule is Cc1c(C(=O)Nc2cccc(S(=O)(=O)N3CCCCC3)c2)cnn1-c1cccc(C(F)(F)F)c1. The minimum absolute atomic E-state index is 0.0867. The molecule has 0 aliphatic carbocycles. The first-order chi connectivity index (χ1) is 16.1. The van der Waals surface area contributed by atoms with E-state index in [1.54, 1.807) is 19.1 Å². The van der Waals surface area contributed by atoms with Gasteiger partial charge in [0.25, 0.3) is 5.91 Å². The van der Waals surface area contributed by atoms with Crippen LogP contribution < -0.4 is 5.32 Å². The maximum absolute atomic E-state index is 13.1. The number of benzene rings is 2. The van der Waals surface area contributed by atoms with Gasteiger partial charge < -0.3 is 5.32 Å². The summed E-state index contributed by atoms with van der Waals surface area (Å²) in [5.74, 6) is -0.553. The number of carbonyl (C=O) groups is 1. The number of aromatic nitrogens is 2. The molecule has 1 amide bonds. The van der Waals surface area contributed by atoms with Gasteiger partial charge in [0.2, 0.25) is 10.0 Å². The lowest BCUT2D eigenvalue weighted by molar-refractivity contribution is -0.137. The molecule has 34 heavy (non-hydrogen) atoms. The molecule has 4 rings (SSSR count). The second-order valence-electron chi connectivity index (χ2n) is 8.05. The van der Waals surface area contributed by atoms with E-state index in [1.807, 2.05) is 0 Å². The molecule has 1 fully saturated rings. The average Bonchev–Trinajstić information content (AvgIpc) is 3.21. The lowest BCUT2D eigenvalue weighted by atomic mass is 10.2. The maximum atomic E-state index is 13.1. The van der Waals surface area contributed by atoms with Crippen LogP contribution in [0.3, 0.4) is 0 Å². The van der Waals surface area contributed by atoms with E-state index >= 15 is 0 Å². The monoisotopic (exact) mass is 492 g/mol. The van der Waals surface area contributed by atoms with Crippen molar-refractivity contribution in [3.8, 4) is 5.69 Å².